The van der Waals surface area contributed by atoms with Crippen LogP contribution in [0.25, 0.3) is 0 Å². The lowest BCUT2D eigenvalue weighted by atomic mass is 9.78. The Labute approximate surface area is 318 Å². The van der Waals surface area contributed by atoms with Crippen molar-refractivity contribution in [2.24, 2.45) is 0 Å². The van der Waals surface area contributed by atoms with Crippen LogP contribution >= 0.6 is 0 Å². The fraction of sp³-hybridized carbons (Fsp3) is 0.696. The number of carbonyl (C=O) groups is 2. The highest BCUT2D eigenvalue weighted by atomic mass is 16.3. The number of aromatic hydroxyl groups is 2. The lowest BCUT2D eigenvalue weighted by Crippen LogP contribution is -2.25. The predicted octanol–water partition coefficient (Wildman–Crippen LogP) is 11.0. The summed E-state index contributed by atoms with van der Waals surface area (Å²) in [5.41, 5.74) is 5.31. The zero-order valence-electron chi connectivity index (χ0n) is 35.3. The monoisotopic (exact) mass is 721 g/mol. The van der Waals surface area contributed by atoms with Crippen molar-refractivity contribution in [1.29, 1.82) is 0 Å². The average molecular weight is 721 g/mol. The summed E-state index contributed by atoms with van der Waals surface area (Å²) < 4.78 is 0. The molecule has 2 aromatic carbocycles. The topological polar surface area (TPSA) is 98.7 Å². The van der Waals surface area contributed by atoms with Gasteiger partial charge in [-0.1, -0.05) is 159 Å². The van der Waals surface area contributed by atoms with E-state index in [4.69, 9.17) is 0 Å². The first-order valence-corrected chi connectivity index (χ1v) is 20.3. The minimum Gasteiger partial charge on any atom is -0.507 e. The standard InChI is InChI=1S/C46H76N2O4/c1-43(2,3)35-29-33(30-36(41(35)51)44(4,5)6)23-25-39(49)47-27-21-19-17-15-13-14-16-18-20-22-28-48-40(50)26-24-34-31-37(45(7,8)9)42(52)38(32-34)46(10,11)12/h29-32,51-52H,13-28H2,1-12H3,(H,47,49)(H,48,50). The molecular formula is C46H76N2O4. The molecule has 4 N–H and O–H groups in total. The summed E-state index contributed by atoms with van der Waals surface area (Å²) in [7, 11) is 0. The Hall–Kier alpha value is -3.02. The molecule has 6 nitrogen and oxygen atoms in total. The van der Waals surface area contributed by atoms with E-state index >= 15 is 0 Å². The zero-order chi connectivity index (χ0) is 39.3. The van der Waals surface area contributed by atoms with Crippen LogP contribution in [0.4, 0.5) is 0 Å². The quantitative estimate of drug-likeness (QED) is 0.109. The molecule has 0 saturated heterocycles. The van der Waals surface area contributed by atoms with Crippen molar-refractivity contribution in [3.05, 3.63) is 57.6 Å². The lowest BCUT2D eigenvalue weighted by Gasteiger charge is -2.28. The summed E-state index contributed by atoms with van der Waals surface area (Å²) in [4.78, 5) is 25.1. The first-order chi connectivity index (χ1) is 24.0. The van der Waals surface area contributed by atoms with Gasteiger partial charge in [-0.05, 0) is 80.7 Å². The van der Waals surface area contributed by atoms with Gasteiger partial charge in [0.15, 0.2) is 0 Å². The number of phenolic OH excluding ortho intramolecular Hbond substituents is 2. The number of amides is 2. The Kier molecular flexibility index (Phi) is 17.3. The van der Waals surface area contributed by atoms with E-state index in [0.717, 1.165) is 72.2 Å². The molecule has 0 aromatic heterocycles. The summed E-state index contributed by atoms with van der Waals surface area (Å²) >= 11 is 0. The molecule has 0 saturated carbocycles. The summed E-state index contributed by atoms with van der Waals surface area (Å²) in [6.07, 6.45) is 14.0. The van der Waals surface area contributed by atoms with Gasteiger partial charge in [-0.25, -0.2) is 0 Å². The van der Waals surface area contributed by atoms with Crippen LogP contribution in [0.15, 0.2) is 24.3 Å². The molecule has 2 rings (SSSR count). The number of unbranched alkanes of at least 4 members (excludes halogenated alkanes) is 9. The van der Waals surface area contributed by atoms with Crippen LogP contribution in [-0.2, 0) is 44.1 Å². The maximum absolute atomic E-state index is 12.6. The van der Waals surface area contributed by atoms with Gasteiger partial charge in [0.25, 0.3) is 0 Å². The molecule has 0 aliphatic carbocycles. The summed E-state index contributed by atoms with van der Waals surface area (Å²) in [6, 6.07) is 8.30. The predicted molar refractivity (Wildman–Crippen MR) is 220 cm³/mol. The minimum absolute atomic E-state index is 0.0979. The average Bonchev–Trinajstić information content (AvgIpc) is 3.01. The van der Waals surface area contributed by atoms with Gasteiger partial charge in [-0.2, -0.15) is 0 Å². The third-order valence-corrected chi connectivity index (χ3v) is 10.1. The number of benzene rings is 2. The van der Waals surface area contributed by atoms with Crippen LogP contribution in [0.3, 0.4) is 0 Å². The van der Waals surface area contributed by atoms with Crippen molar-refractivity contribution in [3.63, 3.8) is 0 Å². The van der Waals surface area contributed by atoms with Crippen LogP contribution in [-0.4, -0.2) is 35.1 Å². The molecule has 0 fully saturated rings. The number of nitrogens with one attached hydrogen (secondary N) is 2. The first-order valence-electron chi connectivity index (χ1n) is 20.3. The third kappa shape index (κ3) is 15.5. The summed E-state index contributed by atoms with van der Waals surface area (Å²) in [5, 5.41) is 28.1. The van der Waals surface area contributed by atoms with Crippen LogP contribution in [0, 0.1) is 0 Å². The number of aryl methyl sites for hydroxylation is 2. The maximum atomic E-state index is 12.6. The van der Waals surface area contributed by atoms with Gasteiger partial charge in [0.2, 0.25) is 11.8 Å². The molecule has 0 spiro atoms. The minimum atomic E-state index is -0.171. The molecule has 52 heavy (non-hydrogen) atoms. The van der Waals surface area contributed by atoms with E-state index in [1.807, 2.05) is 0 Å². The van der Waals surface area contributed by atoms with Crippen LogP contribution in [0.5, 0.6) is 11.5 Å². The van der Waals surface area contributed by atoms with Crippen LogP contribution in [0.2, 0.25) is 0 Å². The Morgan fingerprint density at radius 3 is 0.904 bits per heavy atom. The van der Waals surface area contributed by atoms with Gasteiger partial charge < -0.3 is 20.8 Å². The Bertz CT molecular complexity index is 1250. The highest BCUT2D eigenvalue weighted by Crippen LogP contribution is 2.41. The fourth-order valence-corrected chi connectivity index (χ4v) is 6.78. The molecule has 0 aliphatic rings. The van der Waals surface area contributed by atoms with Gasteiger partial charge in [0, 0.05) is 25.9 Å². The molecule has 2 amide bonds. The number of hydrogen-bond donors (Lipinski definition) is 4. The molecule has 0 unspecified atom stereocenters. The molecule has 0 heterocycles. The smallest absolute Gasteiger partial charge is 0.220 e. The van der Waals surface area contributed by atoms with Crippen molar-refractivity contribution in [2.45, 2.75) is 195 Å². The van der Waals surface area contributed by atoms with Gasteiger partial charge in [-0.15, -0.1) is 0 Å². The second-order valence-electron chi connectivity index (χ2n) is 19.3. The number of carbonyl (C=O) groups excluding carboxylic acids is 2. The van der Waals surface area contributed by atoms with E-state index in [1.165, 1.54) is 38.5 Å². The maximum Gasteiger partial charge on any atom is 0.220 e. The Morgan fingerprint density at radius 2 is 0.673 bits per heavy atom. The third-order valence-electron chi connectivity index (χ3n) is 10.1. The van der Waals surface area contributed by atoms with Crippen molar-refractivity contribution < 1.29 is 19.8 Å². The molecule has 0 radical (unpaired) electrons. The molecule has 0 bridgehead atoms. The molecule has 0 aliphatic heterocycles. The number of hydrogen-bond acceptors (Lipinski definition) is 4. The summed E-state index contributed by atoms with van der Waals surface area (Å²) in [5.74, 6) is 0.965. The van der Waals surface area contributed by atoms with Crippen molar-refractivity contribution in [3.8, 4) is 11.5 Å². The van der Waals surface area contributed by atoms with Crippen molar-refractivity contribution in [2.75, 3.05) is 13.1 Å². The normalized spacial score (nSPS) is 12.6. The van der Waals surface area contributed by atoms with E-state index in [9.17, 15) is 19.8 Å². The van der Waals surface area contributed by atoms with Crippen LogP contribution < -0.4 is 10.6 Å². The fourth-order valence-electron chi connectivity index (χ4n) is 6.78. The van der Waals surface area contributed by atoms with Crippen molar-refractivity contribution >= 4 is 11.8 Å². The number of rotatable bonds is 19. The highest BCUT2D eigenvalue weighted by Gasteiger charge is 2.28. The largest absolute Gasteiger partial charge is 0.507 e. The SMILES string of the molecule is CC(C)(C)c1cc(CCC(=O)NCCCCCCCCCCCCNC(=O)CCc2cc(C(C)(C)C)c(O)c(C(C)(C)C)c2)cc(C(C)(C)C)c1O. The van der Waals surface area contributed by atoms with E-state index in [2.05, 4.69) is 118 Å². The second kappa shape index (κ2) is 19.9. The molecule has 0 atom stereocenters. The van der Waals surface area contributed by atoms with Crippen molar-refractivity contribution in [1.82, 2.24) is 10.6 Å². The molecular weight excluding hydrogens is 645 g/mol. The zero-order valence-corrected chi connectivity index (χ0v) is 35.3. The molecule has 2 aromatic rings. The lowest BCUT2D eigenvalue weighted by molar-refractivity contribution is -0.121. The Balaban J connectivity index is 1.53. The Morgan fingerprint density at radius 1 is 0.442 bits per heavy atom. The van der Waals surface area contributed by atoms with Gasteiger partial charge >= 0.3 is 0 Å². The molecule has 294 valence electrons. The van der Waals surface area contributed by atoms with Crippen LogP contribution in [0.1, 0.15) is 194 Å². The highest BCUT2D eigenvalue weighted by molar-refractivity contribution is 5.76. The summed E-state index contributed by atoms with van der Waals surface area (Å²) in [6.45, 7) is 26.9. The first kappa shape index (κ1) is 45.1. The van der Waals surface area contributed by atoms with E-state index in [1.54, 1.807) is 0 Å². The van der Waals surface area contributed by atoms with Gasteiger partial charge in [0.1, 0.15) is 11.5 Å². The second-order valence-corrected chi connectivity index (χ2v) is 19.3. The van der Waals surface area contributed by atoms with E-state index < -0.39 is 0 Å². The van der Waals surface area contributed by atoms with Gasteiger partial charge in [0.05, 0.1) is 0 Å². The van der Waals surface area contributed by atoms with E-state index in [-0.39, 0.29) is 33.5 Å². The van der Waals surface area contributed by atoms with Gasteiger partial charge in [-0.3, -0.25) is 9.59 Å². The number of phenols is 2. The molecule has 6 heteroatoms. The van der Waals surface area contributed by atoms with E-state index in [0.29, 0.717) is 37.2 Å².